The standard InChI is InChI=1S/C9H15F3N2O3/c1-3-4-5-6(7(15)17-13-2)14-8(16)9(10,11)12/h6,13H,3-5H2,1-2H3,(H,14,16)/t6-/m0/s1. The van der Waals surface area contributed by atoms with E-state index in [0.29, 0.717) is 12.8 Å². The Bertz CT molecular complexity index is 269. The number of unbranched alkanes of at least 4 members (excludes halogenated alkanes) is 1. The molecule has 0 unspecified atom stereocenters. The Balaban J connectivity index is 4.48. The van der Waals surface area contributed by atoms with Gasteiger partial charge in [-0.1, -0.05) is 19.8 Å². The Morgan fingerprint density at radius 3 is 2.35 bits per heavy atom. The summed E-state index contributed by atoms with van der Waals surface area (Å²) in [7, 11) is 1.29. The van der Waals surface area contributed by atoms with Crippen molar-refractivity contribution in [3.63, 3.8) is 0 Å². The Kier molecular flexibility index (Phi) is 6.55. The average Bonchev–Trinajstić information content (AvgIpc) is 2.22. The number of rotatable bonds is 6. The molecule has 0 spiro atoms. The summed E-state index contributed by atoms with van der Waals surface area (Å²) in [5, 5.41) is 1.60. The minimum atomic E-state index is -5.01. The number of amides is 1. The van der Waals surface area contributed by atoms with Crippen LogP contribution < -0.4 is 10.8 Å². The van der Waals surface area contributed by atoms with Gasteiger partial charge < -0.3 is 10.2 Å². The van der Waals surface area contributed by atoms with Gasteiger partial charge in [0.05, 0.1) is 0 Å². The smallest absolute Gasteiger partial charge is 0.369 e. The molecule has 0 bridgehead atoms. The van der Waals surface area contributed by atoms with E-state index in [1.165, 1.54) is 7.05 Å². The van der Waals surface area contributed by atoms with E-state index >= 15 is 0 Å². The number of carbonyl (C=O) groups excluding carboxylic acids is 2. The number of carbonyl (C=O) groups is 2. The SMILES string of the molecule is CCCC[C@H](NC(=O)C(F)(F)F)C(=O)ONC. The molecule has 0 heterocycles. The van der Waals surface area contributed by atoms with Gasteiger partial charge in [-0.25, -0.2) is 4.79 Å². The van der Waals surface area contributed by atoms with Gasteiger partial charge in [-0.15, -0.1) is 0 Å². The molecule has 0 saturated carbocycles. The number of halogens is 3. The van der Waals surface area contributed by atoms with Crippen LogP contribution in [0.25, 0.3) is 0 Å². The monoisotopic (exact) mass is 256 g/mol. The van der Waals surface area contributed by atoms with Gasteiger partial charge in [0.2, 0.25) is 0 Å². The molecule has 1 atom stereocenters. The van der Waals surface area contributed by atoms with Crippen molar-refractivity contribution < 1.29 is 27.6 Å². The molecule has 0 rings (SSSR count). The topological polar surface area (TPSA) is 67.4 Å². The number of hydroxylamine groups is 1. The molecular formula is C9H15F3N2O3. The third-order valence-electron chi connectivity index (χ3n) is 1.90. The molecular weight excluding hydrogens is 241 g/mol. The summed E-state index contributed by atoms with van der Waals surface area (Å²) < 4.78 is 36.0. The zero-order valence-corrected chi connectivity index (χ0v) is 9.56. The molecule has 0 aromatic rings. The van der Waals surface area contributed by atoms with E-state index in [1.54, 1.807) is 5.32 Å². The van der Waals surface area contributed by atoms with Crippen LogP contribution in [0.3, 0.4) is 0 Å². The minimum absolute atomic E-state index is 0.0961. The van der Waals surface area contributed by atoms with Crippen LogP contribution in [0, 0.1) is 0 Å². The lowest BCUT2D eigenvalue weighted by atomic mass is 10.1. The highest BCUT2D eigenvalue weighted by atomic mass is 19.4. The van der Waals surface area contributed by atoms with Crippen molar-refractivity contribution in [1.82, 2.24) is 10.8 Å². The molecule has 0 radical (unpaired) electrons. The van der Waals surface area contributed by atoms with Crippen LogP contribution in [0.15, 0.2) is 0 Å². The summed E-state index contributed by atoms with van der Waals surface area (Å²) in [6.07, 6.45) is -3.73. The Morgan fingerprint density at radius 1 is 1.35 bits per heavy atom. The van der Waals surface area contributed by atoms with Crippen LogP contribution in [-0.4, -0.2) is 31.1 Å². The predicted molar refractivity (Wildman–Crippen MR) is 52.7 cm³/mol. The second kappa shape index (κ2) is 7.10. The largest absolute Gasteiger partial charge is 0.471 e. The lowest BCUT2D eigenvalue weighted by Crippen LogP contribution is -2.48. The van der Waals surface area contributed by atoms with Gasteiger partial charge >= 0.3 is 18.1 Å². The van der Waals surface area contributed by atoms with Crippen LogP contribution in [0.5, 0.6) is 0 Å². The molecule has 17 heavy (non-hydrogen) atoms. The quantitative estimate of drug-likeness (QED) is 0.693. The fourth-order valence-corrected chi connectivity index (χ4v) is 1.07. The van der Waals surface area contributed by atoms with Gasteiger partial charge in [0.15, 0.2) is 0 Å². The first-order valence-electron chi connectivity index (χ1n) is 5.08. The Labute approximate surface area is 96.6 Å². The molecule has 0 aromatic heterocycles. The normalized spacial score (nSPS) is 13.0. The maximum absolute atomic E-state index is 12.0. The highest BCUT2D eigenvalue weighted by Crippen LogP contribution is 2.15. The van der Waals surface area contributed by atoms with Gasteiger partial charge in [0.25, 0.3) is 0 Å². The first kappa shape index (κ1) is 15.7. The maximum atomic E-state index is 12.0. The number of nitrogens with one attached hydrogen (secondary N) is 2. The molecule has 5 nitrogen and oxygen atoms in total. The second-order valence-corrected chi connectivity index (χ2v) is 3.29. The number of hydrogen-bond acceptors (Lipinski definition) is 4. The van der Waals surface area contributed by atoms with Crippen molar-refractivity contribution >= 4 is 11.9 Å². The van der Waals surface area contributed by atoms with E-state index in [9.17, 15) is 22.8 Å². The summed E-state index contributed by atoms with van der Waals surface area (Å²) in [6, 6.07) is -1.29. The fourth-order valence-electron chi connectivity index (χ4n) is 1.07. The molecule has 0 aliphatic rings. The van der Waals surface area contributed by atoms with Gasteiger partial charge in [-0.3, -0.25) is 4.79 Å². The third-order valence-corrected chi connectivity index (χ3v) is 1.90. The zero-order valence-electron chi connectivity index (χ0n) is 9.56. The van der Waals surface area contributed by atoms with Crippen molar-refractivity contribution in [2.75, 3.05) is 7.05 Å². The summed E-state index contributed by atoms with van der Waals surface area (Å²) in [5.74, 6) is -3.09. The van der Waals surface area contributed by atoms with Crippen molar-refractivity contribution in [3.05, 3.63) is 0 Å². The van der Waals surface area contributed by atoms with E-state index in [-0.39, 0.29) is 6.42 Å². The van der Waals surface area contributed by atoms with E-state index in [4.69, 9.17) is 0 Å². The highest BCUT2D eigenvalue weighted by Gasteiger charge is 2.40. The number of hydrogen-bond donors (Lipinski definition) is 2. The zero-order chi connectivity index (χ0) is 13.5. The number of alkyl halides is 3. The summed E-state index contributed by atoms with van der Waals surface area (Å²) in [6.45, 7) is 1.81. The van der Waals surface area contributed by atoms with Crippen LogP contribution in [0.4, 0.5) is 13.2 Å². The first-order valence-corrected chi connectivity index (χ1v) is 5.08. The molecule has 0 saturated heterocycles. The minimum Gasteiger partial charge on any atom is -0.369 e. The van der Waals surface area contributed by atoms with Gasteiger partial charge in [-0.05, 0) is 6.42 Å². The van der Waals surface area contributed by atoms with E-state index in [0.717, 1.165) is 0 Å². The lowest BCUT2D eigenvalue weighted by molar-refractivity contribution is -0.176. The molecule has 1 amide bonds. The molecule has 0 aliphatic heterocycles. The fraction of sp³-hybridized carbons (Fsp3) is 0.778. The van der Waals surface area contributed by atoms with Crippen molar-refractivity contribution in [2.45, 2.75) is 38.4 Å². The van der Waals surface area contributed by atoms with E-state index in [1.807, 2.05) is 6.92 Å². The molecule has 2 N–H and O–H groups in total. The predicted octanol–water partition coefficient (Wildman–Crippen LogP) is 0.901. The Hall–Kier alpha value is -1.31. The first-order chi connectivity index (χ1) is 7.82. The summed E-state index contributed by atoms with van der Waals surface area (Å²) in [5.41, 5.74) is 2.05. The van der Waals surface area contributed by atoms with Gasteiger partial charge in [0.1, 0.15) is 6.04 Å². The second-order valence-electron chi connectivity index (χ2n) is 3.29. The Morgan fingerprint density at radius 2 is 1.94 bits per heavy atom. The van der Waals surface area contributed by atoms with Crippen LogP contribution in [0.2, 0.25) is 0 Å². The molecule has 8 heteroatoms. The molecule has 0 fully saturated rings. The van der Waals surface area contributed by atoms with Crippen molar-refractivity contribution in [3.8, 4) is 0 Å². The summed E-state index contributed by atoms with van der Waals surface area (Å²) in [4.78, 5) is 26.3. The van der Waals surface area contributed by atoms with E-state index < -0.39 is 24.1 Å². The lowest BCUT2D eigenvalue weighted by Gasteiger charge is -2.17. The summed E-state index contributed by atoms with van der Waals surface area (Å²) >= 11 is 0. The van der Waals surface area contributed by atoms with Crippen molar-refractivity contribution in [2.24, 2.45) is 0 Å². The van der Waals surface area contributed by atoms with Crippen LogP contribution >= 0.6 is 0 Å². The highest BCUT2D eigenvalue weighted by molar-refractivity contribution is 5.87. The van der Waals surface area contributed by atoms with Crippen molar-refractivity contribution in [1.29, 1.82) is 0 Å². The third kappa shape index (κ3) is 6.10. The molecule has 0 aliphatic carbocycles. The molecule has 0 aromatic carbocycles. The van der Waals surface area contributed by atoms with Gasteiger partial charge in [0, 0.05) is 7.05 Å². The van der Waals surface area contributed by atoms with Crippen LogP contribution in [-0.2, 0) is 14.4 Å². The van der Waals surface area contributed by atoms with Crippen LogP contribution in [0.1, 0.15) is 26.2 Å². The van der Waals surface area contributed by atoms with Gasteiger partial charge in [-0.2, -0.15) is 18.7 Å². The molecule has 100 valence electrons. The van der Waals surface area contributed by atoms with E-state index in [2.05, 4.69) is 10.3 Å². The maximum Gasteiger partial charge on any atom is 0.471 e. The average molecular weight is 256 g/mol.